The van der Waals surface area contributed by atoms with Gasteiger partial charge in [-0.1, -0.05) is 356 Å². The zero-order valence-corrected chi connectivity index (χ0v) is 61.9. The molecule has 540 valence electrons. The van der Waals surface area contributed by atoms with Gasteiger partial charge in [-0.15, -0.1) is 0 Å². The van der Waals surface area contributed by atoms with E-state index in [-0.39, 0.29) is 32.2 Å². The summed E-state index contributed by atoms with van der Waals surface area (Å²) in [7, 11) is 5.95. The van der Waals surface area contributed by atoms with Crippen LogP contribution in [-0.2, 0) is 33.3 Å². The molecule has 0 fully saturated rings. The van der Waals surface area contributed by atoms with Crippen LogP contribution in [0.1, 0.15) is 373 Å². The number of esters is 2. The molecule has 0 aliphatic carbocycles. The molecule has 2 atom stereocenters. The molecule has 0 radical (unpaired) electrons. The number of aliphatic carboxylic acids is 1. The number of rotatable bonds is 74. The average Bonchev–Trinajstić information content (AvgIpc) is 3.74. The highest BCUT2D eigenvalue weighted by Crippen LogP contribution is 2.19. The monoisotopic (exact) mass is 1300 g/mol. The summed E-state index contributed by atoms with van der Waals surface area (Å²) in [6.45, 7) is 4.68. The van der Waals surface area contributed by atoms with Crippen LogP contribution in [0.3, 0.4) is 0 Å². The van der Waals surface area contributed by atoms with Crippen molar-refractivity contribution in [2.75, 3.05) is 47.5 Å². The van der Waals surface area contributed by atoms with E-state index in [1.807, 2.05) is 21.1 Å². The molecule has 93 heavy (non-hydrogen) atoms. The standard InChI is InChI=1S/C84H151NO8/c1-6-8-10-12-14-16-18-20-22-24-26-28-30-32-34-36-38-40-41-43-45-47-49-51-53-55-57-59-61-63-65-67-69-71-73-75-82(87)93-80(79-92-84(83(88)89)90-77-76-85(3,4)5)78-91-81(86)74-72-70-68-66-64-62-60-58-56-54-52-50-48-46-44-42-39-37-35-33-31-29-27-25-23-21-19-17-15-13-11-9-7-2/h8,10,14,16,19-22,25-28,31,33,80,84H,6-7,9,11-13,15,17-18,23-24,29-30,32,34-79H2,1-5H3/b10-8-,16-14-,21-19-,22-20-,27-25-,28-26-,33-31-. The highest BCUT2D eigenvalue weighted by molar-refractivity contribution is 5.70. The molecule has 0 N–H and O–H groups in total. The van der Waals surface area contributed by atoms with Crippen LogP contribution in [0.2, 0.25) is 0 Å². The third-order valence-electron chi connectivity index (χ3n) is 17.6. The molecule has 0 saturated heterocycles. The molecule has 0 aromatic heterocycles. The lowest BCUT2D eigenvalue weighted by Crippen LogP contribution is -2.44. The number of unbranched alkanes of at least 4 members (excludes halogenated alkanes) is 45. The largest absolute Gasteiger partial charge is 0.545 e. The van der Waals surface area contributed by atoms with Crippen LogP contribution >= 0.6 is 0 Å². The topological polar surface area (TPSA) is 111 Å². The molecule has 0 saturated carbocycles. The average molecular weight is 1300 g/mol. The van der Waals surface area contributed by atoms with Gasteiger partial charge >= 0.3 is 11.9 Å². The van der Waals surface area contributed by atoms with Crippen molar-refractivity contribution in [2.24, 2.45) is 0 Å². The Morgan fingerprint density at radius 1 is 0.333 bits per heavy atom. The maximum atomic E-state index is 13.0. The summed E-state index contributed by atoms with van der Waals surface area (Å²) < 4.78 is 22.9. The lowest BCUT2D eigenvalue weighted by Gasteiger charge is -2.26. The molecule has 9 heteroatoms. The minimum atomic E-state index is -1.62. The van der Waals surface area contributed by atoms with Crippen molar-refractivity contribution in [3.63, 3.8) is 0 Å². The van der Waals surface area contributed by atoms with Gasteiger partial charge in [-0.05, 0) is 89.9 Å². The maximum Gasteiger partial charge on any atom is 0.306 e. The summed E-state index contributed by atoms with van der Waals surface area (Å²) >= 11 is 0. The van der Waals surface area contributed by atoms with Gasteiger partial charge in [-0.3, -0.25) is 9.59 Å². The second kappa shape index (κ2) is 74.3. The fraction of sp³-hybridized carbons (Fsp3) is 0.798. The van der Waals surface area contributed by atoms with Gasteiger partial charge in [0.1, 0.15) is 13.2 Å². The molecule has 0 aliphatic rings. The van der Waals surface area contributed by atoms with Gasteiger partial charge in [-0.2, -0.15) is 0 Å². The van der Waals surface area contributed by atoms with Crippen molar-refractivity contribution in [2.45, 2.75) is 386 Å². The van der Waals surface area contributed by atoms with E-state index in [0.29, 0.717) is 23.9 Å². The molecule has 0 amide bonds. The van der Waals surface area contributed by atoms with Crippen LogP contribution in [0, 0.1) is 0 Å². The summed E-state index contributed by atoms with van der Waals surface area (Å²) in [6.07, 6.45) is 98.5. The van der Waals surface area contributed by atoms with Crippen LogP contribution in [-0.4, -0.2) is 82.3 Å². The number of likely N-dealkylation sites (N-methyl/N-ethyl adjacent to an activating group) is 1. The Morgan fingerprint density at radius 3 is 0.914 bits per heavy atom. The number of allylic oxidation sites excluding steroid dienone is 14. The second-order valence-corrected chi connectivity index (χ2v) is 28.0. The number of carbonyl (C=O) groups excluding carboxylic acids is 3. The van der Waals surface area contributed by atoms with Gasteiger partial charge in [-0.25, -0.2) is 0 Å². The first-order valence-corrected chi connectivity index (χ1v) is 39.7. The molecule has 0 rings (SSSR count). The van der Waals surface area contributed by atoms with E-state index in [0.717, 1.165) is 70.6 Å². The first-order chi connectivity index (χ1) is 45.6. The Hall–Kier alpha value is -3.53. The number of carboxylic acids is 1. The van der Waals surface area contributed by atoms with E-state index in [1.165, 1.54) is 270 Å². The molecule has 0 aliphatic heterocycles. The van der Waals surface area contributed by atoms with Crippen molar-refractivity contribution in [1.82, 2.24) is 0 Å². The quantitative estimate of drug-likeness (QED) is 0.0195. The van der Waals surface area contributed by atoms with Crippen LogP contribution in [0.4, 0.5) is 0 Å². The van der Waals surface area contributed by atoms with E-state index in [4.69, 9.17) is 18.9 Å². The first-order valence-electron chi connectivity index (χ1n) is 39.7. The third kappa shape index (κ3) is 75.7. The summed E-state index contributed by atoms with van der Waals surface area (Å²) in [5.74, 6) is -2.26. The number of nitrogens with zero attached hydrogens (tertiary/aromatic N) is 1. The Morgan fingerprint density at radius 2 is 0.613 bits per heavy atom. The van der Waals surface area contributed by atoms with Gasteiger partial charge in [0.25, 0.3) is 0 Å². The number of carbonyl (C=O) groups is 3. The zero-order chi connectivity index (χ0) is 67.5. The summed E-state index contributed by atoms with van der Waals surface area (Å²) in [4.78, 5) is 37.6. The molecular formula is C84H151NO8. The highest BCUT2D eigenvalue weighted by atomic mass is 16.7. The van der Waals surface area contributed by atoms with E-state index >= 15 is 0 Å². The van der Waals surface area contributed by atoms with E-state index < -0.39 is 24.3 Å². The van der Waals surface area contributed by atoms with Gasteiger partial charge in [0, 0.05) is 12.8 Å². The molecule has 0 aromatic rings. The maximum absolute atomic E-state index is 13.0. The molecule has 2 unspecified atom stereocenters. The van der Waals surface area contributed by atoms with E-state index in [9.17, 15) is 19.5 Å². The molecule has 0 bridgehead atoms. The lowest BCUT2D eigenvalue weighted by molar-refractivity contribution is -0.870. The van der Waals surface area contributed by atoms with Crippen molar-refractivity contribution in [1.29, 1.82) is 0 Å². The predicted octanol–water partition coefficient (Wildman–Crippen LogP) is 24.0. The Bertz CT molecular complexity index is 1810. The minimum absolute atomic E-state index is 0.148. The number of ether oxygens (including phenoxy) is 4. The summed E-state index contributed by atoms with van der Waals surface area (Å²) in [5, 5.41) is 11.9. The molecule has 0 heterocycles. The third-order valence-corrected chi connectivity index (χ3v) is 17.6. The fourth-order valence-electron chi connectivity index (χ4n) is 11.6. The first kappa shape index (κ1) is 89.5. The van der Waals surface area contributed by atoms with Gasteiger partial charge in [0.2, 0.25) is 0 Å². The van der Waals surface area contributed by atoms with Gasteiger partial charge in [0.05, 0.1) is 40.3 Å². The van der Waals surface area contributed by atoms with Gasteiger partial charge in [0.15, 0.2) is 12.4 Å². The van der Waals surface area contributed by atoms with Crippen molar-refractivity contribution in [3.8, 4) is 0 Å². The Balaban J connectivity index is 4.00. The molecule has 0 aromatic carbocycles. The normalized spacial score (nSPS) is 13.1. The SMILES string of the molecule is CC/C=C\C/C=C\C/C=C\C/C=C\CCCCCCCCCCCCCCCCCCCCCCCCC(=O)OC(COC(=O)CCCCCCCCCCCCCCCCCCCC/C=C\C/C=C\C/C=C\CCCCCCC)COC(OCC[N+](C)(C)C)C(=O)[O-]. The summed E-state index contributed by atoms with van der Waals surface area (Å²) in [5.41, 5.74) is 0. The van der Waals surface area contributed by atoms with E-state index in [2.05, 4.69) is 98.9 Å². The minimum Gasteiger partial charge on any atom is -0.545 e. The molecule has 9 nitrogen and oxygen atoms in total. The van der Waals surface area contributed by atoms with Crippen molar-refractivity contribution < 1.29 is 42.9 Å². The number of hydrogen-bond donors (Lipinski definition) is 0. The number of hydrogen-bond acceptors (Lipinski definition) is 8. The summed E-state index contributed by atoms with van der Waals surface area (Å²) in [6, 6.07) is 0. The fourth-order valence-corrected chi connectivity index (χ4v) is 11.6. The van der Waals surface area contributed by atoms with Crippen LogP contribution in [0.15, 0.2) is 85.1 Å². The Kier molecular flexibility index (Phi) is 71.4. The van der Waals surface area contributed by atoms with Crippen molar-refractivity contribution in [3.05, 3.63) is 85.1 Å². The predicted molar refractivity (Wildman–Crippen MR) is 398 cm³/mol. The highest BCUT2D eigenvalue weighted by Gasteiger charge is 2.22. The Labute approximate surface area is 576 Å². The number of quaternary nitrogens is 1. The number of carboxylic acid groups (broad SMARTS) is 1. The van der Waals surface area contributed by atoms with Crippen LogP contribution in [0.5, 0.6) is 0 Å². The molecule has 0 spiro atoms. The van der Waals surface area contributed by atoms with Crippen LogP contribution < -0.4 is 5.11 Å². The molecular weight excluding hydrogens is 1150 g/mol. The zero-order valence-electron chi connectivity index (χ0n) is 61.9. The van der Waals surface area contributed by atoms with Gasteiger partial charge < -0.3 is 33.3 Å². The smallest absolute Gasteiger partial charge is 0.306 e. The lowest BCUT2D eigenvalue weighted by atomic mass is 10.0. The van der Waals surface area contributed by atoms with E-state index in [1.54, 1.807) is 0 Å². The second-order valence-electron chi connectivity index (χ2n) is 28.0. The van der Waals surface area contributed by atoms with Crippen LogP contribution in [0.25, 0.3) is 0 Å². The van der Waals surface area contributed by atoms with Crippen molar-refractivity contribution >= 4 is 17.9 Å².